The Bertz CT molecular complexity index is 1160. The van der Waals surface area contributed by atoms with Crippen molar-refractivity contribution in [3.05, 3.63) is 47.8 Å². The lowest BCUT2D eigenvalue weighted by atomic mass is 9.94. The van der Waals surface area contributed by atoms with E-state index in [4.69, 9.17) is 23.5 Å². The molecule has 1 unspecified atom stereocenters. The lowest BCUT2D eigenvalue weighted by molar-refractivity contribution is -0.130. The lowest BCUT2D eigenvalue weighted by Crippen LogP contribution is -2.46. The van der Waals surface area contributed by atoms with Gasteiger partial charge in [-0.25, -0.2) is 4.79 Å². The summed E-state index contributed by atoms with van der Waals surface area (Å²) in [5.41, 5.74) is 0.904. The van der Waals surface area contributed by atoms with Crippen LogP contribution in [0.15, 0.2) is 51.4 Å². The number of urea groups is 1. The maximum absolute atomic E-state index is 12.9. The van der Waals surface area contributed by atoms with E-state index in [2.05, 4.69) is 15.1 Å². The van der Waals surface area contributed by atoms with Crippen molar-refractivity contribution in [2.75, 3.05) is 21.0 Å². The predicted molar refractivity (Wildman–Crippen MR) is 103 cm³/mol. The number of benzene rings is 1. The van der Waals surface area contributed by atoms with Gasteiger partial charge in [-0.1, -0.05) is 5.16 Å². The lowest BCUT2D eigenvalue weighted by Gasteiger charge is -2.27. The van der Waals surface area contributed by atoms with Gasteiger partial charge in [0.15, 0.2) is 11.5 Å². The average Bonchev–Trinajstić information content (AvgIpc) is 3.44. The van der Waals surface area contributed by atoms with Gasteiger partial charge < -0.3 is 23.5 Å². The molecule has 2 aromatic rings. The van der Waals surface area contributed by atoms with Crippen LogP contribution in [-0.4, -0.2) is 53.7 Å². The van der Waals surface area contributed by atoms with Crippen LogP contribution in [0.5, 0.6) is 11.5 Å². The molecule has 1 fully saturated rings. The fraction of sp³-hybridized carbons (Fsp3) is 0.250. The van der Waals surface area contributed by atoms with Gasteiger partial charge in [-0.2, -0.15) is 9.98 Å². The Morgan fingerprint density at radius 3 is 2.58 bits per heavy atom. The summed E-state index contributed by atoms with van der Waals surface area (Å²) in [6.45, 7) is -0.153. The monoisotopic (exact) mass is 424 g/mol. The minimum absolute atomic E-state index is 0.0589. The minimum Gasteiger partial charge on any atom is -0.497 e. The van der Waals surface area contributed by atoms with E-state index in [1.54, 1.807) is 30.4 Å². The molecule has 11 nitrogen and oxygen atoms in total. The molecular weight excluding hydrogens is 408 g/mol. The highest BCUT2D eigenvalue weighted by molar-refractivity contribution is 6.22. The fourth-order valence-corrected chi connectivity index (χ4v) is 3.39. The first kappa shape index (κ1) is 18.9. The summed E-state index contributed by atoms with van der Waals surface area (Å²) in [4.78, 5) is 34.7. The zero-order chi connectivity index (χ0) is 21.5. The first-order valence-electron chi connectivity index (χ1n) is 9.25. The van der Waals surface area contributed by atoms with Crippen LogP contribution in [-0.2, 0) is 20.8 Å². The Kier molecular flexibility index (Phi) is 4.42. The highest BCUT2D eigenvalue weighted by Crippen LogP contribution is 2.32. The molecule has 0 spiro atoms. The van der Waals surface area contributed by atoms with E-state index in [9.17, 15) is 9.59 Å². The molecule has 11 heteroatoms. The second-order valence-electron chi connectivity index (χ2n) is 6.78. The molecule has 0 N–H and O–H groups in total. The molecule has 31 heavy (non-hydrogen) atoms. The molecule has 3 heterocycles. The summed E-state index contributed by atoms with van der Waals surface area (Å²) in [6.07, 6.45) is 3.13. The van der Waals surface area contributed by atoms with Crippen LogP contribution in [0, 0.1) is 5.92 Å². The topological polar surface area (TPSA) is 126 Å². The molecule has 3 amide bonds. The van der Waals surface area contributed by atoms with Crippen LogP contribution in [0.4, 0.5) is 4.79 Å². The van der Waals surface area contributed by atoms with Crippen molar-refractivity contribution in [2.24, 2.45) is 10.9 Å². The van der Waals surface area contributed by atoms with Crippen molar-refractivity contribution in [1.29, 1.82) is 0 Å². The molecule has 0 saturated carbocycles. The van der Waals surface area contributed by atoms with Crippen molar-refractivity contribution in [2.45, 2.75) is 6.54 Å². The van der Waals surface area contributed by atoms with E-state index in [0.717, 1.165) is 4.90 Å². The third kappa shape index (κ3) is 3.29. The number of carbonyl (C=O) groups excluding carboxylic acids is 2. The standard InChI is InChI=1S/C20H16N4O7/c1-27-11-3-10(4-12(5-11)28-2)18-22-17(31-23-18)8-24-19(25)13-6-15-16(30-9-29-15)7-14(13)21-20(24)26/h3-7,13H,8-9H2,1-2H3. The van der Waals surface area contributed by atoms with Gasteiger partial charge in [-0.3, -0.25) is 9.69 Å². The summed E-state index contributed by atoms with van der Waals surface area (Å²) >= 11 is 0. The third-order valence-electron chi connectivity index (χ3n) is 4.95. The summed E-state index contributed by atoms with van der Waals surface area (Å²) in [6, 6.07) is 4.43. The number of hydrogen-bond donors (Lipinski definition) is 0. The van der Waals surface area contributed by atoms with Crippen LogP contribution in [0.3, 0.4) is 0 Å². The van der Waals surface area contributed by atoms with Crippen LogP contribution >= 0.6 is 0 Å². The van der Waals surface area contributed by atoms with Gasteiger partial charge in [-0.05, 0) is 18.2 Å². The average molecular weight is 424 g/mol. The van der Waals surface area contributed by atoms with Crippen LogP contribution in [0.2, 0.25) is 0 Å². The molecule has 0 bridgehead atoms. The molecular formula is C20H16N4O7. The van der Waals surface area contributed by atoms with Gasteiger partial charge in [0, 0.05) is 17.7 Å². The Morgan fingerprint density at radius 2 is 1.84 bits per heavy atom. The number of fused-ring (bicyclic) bond motifs is 2. The zero-order valence-corrected chi connectivity index (χ0v) is 16.5. The van der Waals surface area contributed by atoms with E-state index in [1.807, 2.05) is 0 Å². The van der Waals surface area contributed by atoms with E-state index in [0.29, 0.717) is 34.3 Å². The summed E-state index contributed by atoms with van der Waals surface area (Å²) in [5, 5.41) is 3.94. The summed E-state index contributed by atoms with van der Waals surface area (Å²) in [5.74, 6) is 1.16. The normalized spacial score (nSPS) is 19.5. The maximum Gasteiger partial charge on any atom is 0.351 e. The number of hydrogen-bond acceptors (Lipinski definition) is 9. The van der Waals surface area contributed by atoms with Crippen molar-refractivity contribution < 1.29 is 33.1 Å². The van der Waals surface area contributed by atoms with Gasteiger partial charge in [-0.15, -0.1) is 0 Å². The number of aromatic nitrogens is 2. The van der Waals surface area contributed by atoms with Gasteiger partial charge >= 0.3 is 6.03 Å². The van der Waals surface area contributed by atoms with Crippen molar-refractivity contribution in [3.63, 3.8) is 0 Å². The second-order valence-corrected chi connectivity index (χ2v) is 6.78. The number of aliphatic imine (C=N–C) groups is 1. The Morgan fingerprint density at radius 1 is 1.10 bits per heavy atom. The summed E-state index contributed by atoms with van der Waals surface area (Å²) in [7, 11) is 3.06. The third-order valence-corrected chi connectivity index (χ3v) is 4.95. The molecule has 2 aliphatic heterocycles. The zero-order valence-electron chi connectivity index (χ0n) is 16.5. The van der Waals surface area contributed by atoms with Gasteiger partial charge in [0.1, 0.15) is 24.0 Å². The van der Waals surface area contributed by atoms with Crippen LogP contribution in [0.25, 0.3) is 11.4 Å². The van der Waals surface area contributed by atoms with Gasteiger partial charge in [0.2, 0.25) is 24.4 Å². The van der Waals surface area contributed by atoms with E-state index < -0.39 is 17.9 Å². The molecule has 1 atom stereocenters. The minimum atomic E-state index is -0.747. The second kappa shape index (κ2) is 7.27. The maximum atomic E-state index is 12.9. The molecule has 1 saturated heterocycles. The first-order chi connectivity index (χ1) is 15.1. The van der Waals surface area contributed by atoms with Crippen molar-refractivity contribution >= 4 is 17.6 Å². The molecule has 1 aromatic heterocycles. The Balaban J connectivity index is 1.39. The Hall–Kier alpha value is -4.15. The molecule has 1 aromatic carbocycles. The quantitative estimate of drug-likeness (QED) is 0.709. The number of imide groups is 1. The van der Waals surface area contributed by atoms with E-state index >= 15 is 0 Å². The first-order valence-corrected chi connectivity index (χ1v) is 9.25. The highest BCUT2D eigenvalue weighted by atomic mass is 16.7. The molecule has 158 valence electrons. The number of methoxy groups -OCH3 is 2. The molecule has 5 rings (SSSR count). The number of carbonyl (C=O) groups is 2. The summed E-state index contributed by atoms with van der Waals surface area (Å²) < 4.78 is 26.4. The van der Waals surface area contributed by atoms with Crippen LogP contribution < -0.4 is 9.47 Å². The van der Waals surface area contributed by atoms with Crippen molar-refractivity contribution in [1.82, 2.24) is 15.0 Å². The fourth-order valence-electron chi connectivity index (χ4n) is 3.39. The molecule has 3 aliphatic rings. The molecule has 1 aliphatic carbocycles. The Labute approximate surface area is 175 Å². The molecule has 0 radical (unpaired) electrons. The van der Waals surface area contributed by atoms with Crippen LogP contribution in [0.1, 0.15) is 5.89 Å². The largest absolute Gasteiger partial charge is 0.497 e. The van der Waals surface area contributed by atoms with E-state index in [-0.39, 0.29) is 25.1 Å². The highest BCUT2D eigenvalue weighted by Gasteiger charge is 2.40. The van der Waals surface area contributed by atoms with Gasteiger partial charge in [0.25, 0.3) is 0 Å². The van der Waals surface area contributed by atoms with Gasteiger partial charge in [0.05, 0.1) is 19.9 Å². The smallest absolute Gasteiger partial charge is 0.351 e. The number of rotatable bonds is 5. The number of ether oxygens (including phenoxy) is 4. The number of nitrogens with zero attached hydrogens (tertiary/aromatic N) is 4. The predicted octanol–water partition coefficient (Wildman–Crippen LogP) is 2.06. The van der Waals surface area contributed by atoms with E-state index in [1.165, 1.54) is 14.2 Å². The van der Waals surface area contributed by atoms with Crippen molar-refractivity contribution in [3.8, 4) is 22.9 Å². The SMILES string of the molecule is COc1cc(OC)cc(-c2noc(CN3C(=O)N=C4C=C5OCOC5=CC4C3=O)n2)c1. The number of amides is 3. The number of allylic oxidation sites excluding steroid dienone is 1.